The monoisotopic (exact) mass is 459 g/mol. The largest absolute Gasteiger partial charge is 0.494 e. The number of nitrogens with one attached hydrogen (secondary N) is 1. The van der Waals surface area contributed by atoms with Gasteiger partial charge < -0.3 is 9.47 Å². The van der Waals surface area contributed by atoms with Crippen molar-refractivity contribution in [2.24, 2.45) is 0 Å². The molecule has 2 aromatic rings. The maximum absolute atomic E-state index is 12.7. The molecule has 0 aliphatic heterocycles. The van der Waals surface area contributed by atoms with E-state index in [1.54, 1.807) is 6.92 Å². The van der Waals surface area contributed by atoms with Gasteiger partial charge in [-0.15, -0.1) is 0 Å². The summed E-state index contributed by atoms with van der Waals surface area (Å²) in [6.45, 7) is 1.18. The van der Waals surface area contributed by atoms with E-state index in [0.29, 0.717) is 18.4 Å². The van der Waals surface area contributed by atoms with Gasteiger partial charge in [-0.05, 0) is 43.3 Å². The lowest BCUT2D eigenvalue weighted by molar-refractivity contribution is -0.142. The predicted molar refractivity (Wildman–Crippen MR) is 104 cm³/mol. The van der Waals surface area contributed by atoms with E-state index in [1.165, 1.54) is 30.3 Å². The highest BCUT2D eigenvalue weighted by molar-refractivity contribution is 7.89. The summed E-state index contributed by atoms with van der Waals surface area (Å²) in [5, 5.41) is 0. The molecule has 31 heavy (non-hydrogen) atoms. The third kappa shape index (κ3) is 7.37. The van der Waals surface area contributed by atoms with Gasteiger partial charge in [0.25, 0.3) is 0 Å². The first-order valence-corrected chi connectivity index (χ1v) is 10.6. The van der Waals surface area contributed by atoms with E-state index < -0.39 is 40.1 Å². The number of hydrogen-bond donors (Lipinski definition) is 1. The van der Waals surface area contributed by atoms with Crippen LogP contribution in [0.3, 0.4) is 0 Å². The molecule has 0 fully saturated rings. The van der Waals surface area contributed by atoms with Crippen molar-refractivity contribution >= 4 is 21.8 Å². The van der Waals surface area contributed by atoms with Gasteiger partial charge in [0, 0.05) is 12.1 Å². The van der Waals surface area contributed by atoms with E-state index in [9.17, 15) is 31.2 Å². The number of esters is 1. The van der Waals surface area contributed by atoms with Gasteiger partial charge in [0.05, 0.1) is 23.5 Å². The van der Waals surface area contributed by atoms with Gasteiger partial charge in [0.1, 0.15) is 5.75 Å². The lowest BCUT2D eigenvalue weighted by Crippen LogP contribution is -2.27. The molecular formula is C20H20F3NO6S. The Morgan fingerprint density at radius 1 is 1.06 bits per heavy atom. The number of carbonyl (C=O) groups excluding carboxylic acids is 2. The number of alkyl halides is 3. The molecule has 0 atom stereocenters. The summed E-state index contributed by atoms with van der Waals surface area (Å²) in [6.07, 6.45) is -4.97. The molecule has 0 bridgehead atoms. The fourth-order valence-electron chi connectivity index (χ4n) is 2.42. The van der Waals surface area contributed by atoms with Crippen LogP contribution in [-0.4, -0.2) is 39.9 Å². The second kappa shape index (κ2) is 10.4. The Labute approximate surface area is 177 Å². The number of benzene rings is 2. The smallest absolute Gasteiger partial charge is 0.416 e. The Morgan fingerprint density at radius 3 is 2.35 bits per heavy atom. The average molecular weight is 459 g/mol. The van der Waals surface area contributed by atoms with E-state index in [0.717, 1.165) is 12.1 Å². The van der Waals surface area contributed by atoms with Crippen LogP contribution in [0.15, 0.2) is 53.4 Å². The molecule has 2 aromatic carbocycles. The molecular weight excluding hydrogens is 439 g/mol. The van der Waals surface area contributed by atoms with Crippen LogP contribution in [0.5, 0.6) is 5.75 Å². The molecule has 0 heterocycles. The van der Waals surface area contributed by atoms with Gasteiger partial charge in [-0.3, -0.25) is 9.59 Å². The summed E-state index contributed by atoms with van der Waals surface area (Å²) >= 11 is 0. The molecule has 168 valence electrons. The number of ether oxygens (including phenoxy) is 2. The molecule has 0 saturated heterocycles. The lowest BCUT2D eigenvalue weighted by Gasteiger charge is -2.09. The summed E-state index contributed by atoms with van der Waals surface area (Å²) < 4.78 is 74.7. The maximum Gasteiger partial charge on any atom is 0.416 e. The molecule has 0 amide bonds. The zero-order chi connectivity index (χ0) is 23.1. The molecule has 2 rings (SSSR count). The number of hydrogen-bond acceptors (Lipinski definition) is 6. The summed E-state index contributed by atoms with van der Waals surface area (Å²) in [7, 11) is -3.87. The molecule has 0 aliphatic rings. The number of rotatable bonds is 10. The molecule has 0 unspecified atom stereocenters. The van der Waals surface area contributed by atoms with Crippen molar-refractivity contribution in [1.82, 2.24) is 4.72 Å². The van der Waals surface area contributed by atoms with Gasteiger partial charge in [-0.2, -0.15) is 13.2 Å². The SMILES string of the molecule is CCOc1ccc(S(=O)(=O)NCCC(=O)OCC(=O)c2cccc(C(F)(F)F)c2)cc1. The first-order valence-electron chi connectivity index (χ1n) is 9.11. The Morgan fingerprint density at radius 2 is 1.74 bits per heavy atom. The Kier molecular flexibility index (Phi) is 8.17. The van der Waals surface area contributed by atoms with Gasteiger partial charge in [0.15, 0.2) is 12.4 Å². The third-order valence-electron chi connectivity index (χ3n) is 3.94. The van der Waals surface area contributed by atoms with Crippen LogP contribution in [0.4, 0.5) is 13.2 Å². The van der Waals surface area contributed by atoms with Crippen LogP contribution < -0.4 is 9.46 Å². The van der Waals surface area contributed by atoms with Crippen molar-refractivity contribution in [3.05, 3.63) is 59.7 Å². The minimum Gasteiger partial charge on any atom is -0.494 e. The highest BCUT2D eigenvalue weighted by Crippen LogP contribution is 2.29. The Bertz CT molecular complexity index is 1020. The Balaban J connectivity index is 1.82. The van der Waals surface area contributed by atoms with Crippen molar-refractivity contribution in [3.8, 4) is 5.75 Å². The van der Waals surface area contributed by atoms with Gasteiger partial charge in [0.2, 0.25) is 10.0 Å². The average Bonchev–Trinajstić information content (AvgIpc) is 2.72. The molecule has 0 aliphatic carbocycles. The molecule has 1 N–H and O–H groups in total. The van der Waals surface area contributed by atoms with Crippen molar-refractivity contribution < 1.29 is 40.7 Å². The molecule has 0 spiro atoms. The minimum absolute atomic E-state index is 0.0240. The van der Waals surface area contributed by atoms with Crippen LogP contribution in [0.25, 0.3) is 0 Å². The van der Waals surface area contributed by atoms with E-state index >= 15 is 0 Å². The van der Waals surface area contributed by atoms with Crippen LogP contribution in [0, 0.1) is 0 Å². The normalized spacial score (nSPS) is 11.7. The molecule has 0 aromatic heterocycles. The van der Waals surface area contributed by atoms with E-state index in [-0.39, 0.29) is 23.4 Å². The number of ketones is 1. The van der Waals surface area contributed by atoms with Crippen LogP contribution in [0.1, 0.15) is 29.3 Å². The summed E-state index contributed by atoms with van der Waals surface area (Å²) in [6, 6.07) is 9.42. The summed E-state index contributed by atoms with van der Waals surface area (Å²) in [5.74, 6) is -1.18. The molecule has 0 saturated carbocycles. The van der Waals surface area contributed by atoms with E-state index in [4.69, 9.17) is 9.47 Å². The van der Waals surface area contributed by atoms with E-state index in [1.807, 2.05) is 0 Å². The second-order valence-electron chi connectivity index (χ2n) is 6.21. The zero-order valence-electron chi connectivity index (χ0n) is 16.4. The quantitative estimate of drug-likeness (QED) is 0.433. The van der Waals surface area contributed by atoms with Crippen molar-refractivity contribution in [2.75, 3.05) is 19.8 Å². The third-order valence-corrected chi connectivity index (χ3v) is 5.42. The lowest BCUT2D eigenvalue weighted by atomic mass is 10.1. The standard InChI is InChI=1S/C20H20F3NO6S/c1-2-29-16-6-8-17(9-7-16)31(27,28)24-11-10-19(26)30-13-18(25)14-4-3-5-15(12-14)20(21,22)23/h3-9,12,24H,2,10-11,13H2,1H3. The maximum atomic E-state index is 12.7. The first-order chi connectivity index (χ1) is 14.5. The van der Waals surface area contributed by atoms with Gasteiger partial charge in [-0.25, -0.2) is 13.1 Å². The first kappa shape index (κ1) is 24.4. The van der Waals surface area contributed by atoms with Crippen molar-refractivity contribution in [1.29, 1.82) is 0 Å². The van der Waals surface area contributed by atoms with Crippen LogP contribution in [0.2, 0.25) is 0 Å². The van der Waals surface area contributed by atoms with Crippen LogP contribution >= 0.6 is 0 Å². The number of carbonyl (C=O) groups is 2. The van der Waals surface area contributed by atoms with Crippen LogP contribution in [-0.2, 0) is 25.7 Å². The predicted octanol–water partition coefficient (Wildman–Crippen LogP) is 3.20. The molecule has 0 radical (unpaired) electrons. The van der Waals surface area contributed by atoms with Gasteiger partial charge >= 0.3 is 12.1 Å². The summed E-state index contributed by atoms with van der Waals surface area (Å²) in [5.41, 5.74) is -1.24. The second-order valence-corrected chi connectivity index (χ2v) is 7.98. The zero-order valence-corrected chi connectivity index (χ0v) is 17.3. The molecule has 11 heteroatoms. The summed E-state index contributed by atoms with van der Waals surface area (Å²) in [4.78, 5) is 23.7. The van der Waals surface area contributed by atoms with Crippen molar-refractivity contribution in [3.63, 3.8) is 0 Å². The number of sulfonamides is 1. The fourth-order valence-corrected chi connectivity index (χ4v) is 3.45. The number of Topliss-reactive ketones (excluding diaryl/α,β-unsaturated/α-hetero) is 1. The molecule has 7 nitrogen and oxygen atoms in total. The van der Waals surface area contributed by atoms with Gasteiger partial charge in [-0.1, -0.05) is 12.1 Å². The minimum atomic E-state index is -4.60. The highest BCUT2D eigenvalue weighted by Gasteiger charge is 2.31. The highest BCUT2D eigenvalue weighted by atomic mass is 32.2. The number of halogens is 3. The Hall–Kier alpha value is -2.92. The van der Waals surface area contributed by atoms with E-state index in [2.05, 4.69) is 4.72 Å². The van der Waals surface area contributed by atoms with Crippen molar-refractivity contribution in [2.45, 2.75) is 24.4 Å². The topological polar surface area (TPSA) is 98.8 Å². The fraction of sp³-hybridized carbons (Fsp3) is 0.300.